The molecule has 128 valence electrons. The number of aliphatic hydroxyl groups excluding tert-OH is 1. The summed E-state index contributed by atoms with van der Waals surface area (Å²) in [4.78, 5) is 12.6. The van der Waals surface area contributed by atoms with Crippen LogP contribution in [0.1, 0.15) is 26.2 Å². The number of allylic oxidation sites excluding steroid dienone is 6. The summed E-state index contributed by atoms with van der Waals surface area (Å²) in [5.41, 5.74) is -0.175. The number of aliphatic hydroxyl groups is 1. The van der Waals surface area contributed by atoms with E-state index in [0.29, 0.717) is 12.3 Å². The first-order valence-corrected chi connectivity index (χ1v) is 8.66. The highest BCUT2D eigenvalue weighted by molar-refractivity contribution is 9.09. The molecule has 0 aromatic heterocycles. The van der Waals surface area contributed by atoms with Crippen molar-refractivity contribution in [3.8, 4) is 0 Å². The monoisotopic (exact) mass is 383 g/mol. The highest BCUT2D eigenvalue weighted by atomic mass is 79.9. The molecule has 1 aliphatic carbocycles. The maximum Gasteiger partial charge on any atom is 0.407 e. The average molecular weight is 384 g/mol. The third kappa shape index (κ3) is 6.26. The predicted molar refractivity (Wildman–Crippen MR) is 98.0 cm³/mol. The molecule has 0 aromatic carbocycles. The van der Waals surface area contributed by atoms with Crippen molar-refractivity contribution in [2.75, 3.05) is 13.6 Å². The van der Waals surface area contributed by atoms with Crippen LogP contribution in [-0.4, -0.2) is 39.6 Å². The lowest BCUT2D eigenvalue weighted by molar-refractivity contribution is 0.147. The van der Waals surface area contributed by atoms with Crippen LogP contribution in [0, 0.1) is 11.3 Å². The highest BCUT2D eigenvalue weighted by Crippen LogP contribution is 2.39. The van der Waals surface area contributed by atoms with Gasteiger partial charge in [-0.15, -0.1) is 6.58 Å². The van der Waals surface area contributed by atoms with Crippen molar-refractivity contribution in [2.24, 2.45) is 11.3 Å². The molecule has 0 bridgehead atoms. The Labute approximate surface area is 147 Å². The van der Waals surface area contributed by atoms with Crippen molar-refractivity contribution in [3.63, 3.8) is 0 Å². The molecular weight excluding hydrogens is 358 g/mol. The number of hydrogen-bond donors (Lipinski definition) is 2. The fourth-order valence-corrected chi connectivity index (χ4v) is 2.77. The van der Waals surface area contributed by atoms with Gasteiger partial charge in [0.1, 0.15) is 5.76 Å². The molecule has 1 aliphatic rings. The number of amides is 1. The Bertz CT molecular complexity index is 512. The van der Waals surface area contributed by atoms with E-state index in [1.165, 1.54) is 4.90 Å². The number of hydrogen-bond acceptors (Lipinski definition) is 2. The molecule has 3 unspecified atom stereocenters. The quantitative estimate of drug-likeness (QED) is 0.462. The second-order valence-electron chi connectivity index (χ2n) is 6.18. The Morgan fingerprint density at radius 1 is 1.65 bits per heavy atom. The topological polar surface area (TPSA) is 60.8 Å². The molecule has 0 heterocycles. The van der Waals surface area contributed by atoms with E-state index in [0.717, 1.165) is 19.3 Å². The number of halogens is 1. The average Bonchev–Trinajstić information content (AvgIpc) is 2.52. The Balaban J connectivity index is 2.84. The van der Waals surface area contributed by atoms with Crippen molar-refractivity contribution in [1.82, 2.24) is 4.90 Å². The molecule has 0 saturated carbocycles. The van der Waals surface area contributed by atoms with Crippen molar-refractivity contribution < 1.29 is 15.0 Å². The lowest BCUT2D eigenvalue weighted by Crippen LogP contribution is -2.33. The standard InChI is InChI=1S/C18H26BrNO3/c1-4-15(19)6-5-11-18(2,12-13-20(3)17(22)23)14-7-9-16(21)10-8-14/h4-5,7,9-11,14-15,21H,1,6,8,12-13H2,2-3H3,(H,22,23)/b11-5+. The van der Waals surface area contributed by atoms with Crippen LogP contribution in [0.2, 0.25) is 0 Å². The lowest BCUT2D eigenvalue weighted by Gasteiger charge is -2.35. The SMILES string of the molecule is C=CC(Br)C/C=C/C(C)(CCN(C)C(=O)O)C1C=CC(O)=CC1. The molecule has 0 radical (unpaired) electrons. The van der Waals surface area contributed by atoms with Gasteiger partial charge in [-0.1, -0.05) is 47.2 Å². The molecule has 23 heavy (non-hydrogen) atoms. The van der Waals surface area contributed by atoms with Gasteiger partial charge < -0.3 is 15.1 Å². The van der Waals surface area contributed by atoms with Gasteiger partial charge in [0.25, 0.3) is 0 Å². The fraction of sp³-hybridized carbons (Fsp3) is 0.500. The molecule has 0 spiro atoms. The van der Waals surface area contributed by atoms with Crippen molar-refractivity contribution in [3.05, 3.63) is 48.8 Å². The maximum atomic E-state index is 11.0. The minimum atomic E-state index is -0.916. The molecular formula is C18H26BrNO3. The van der Waals surface area contributed by atoms with E-state index in [-0.39, 0.29) is 16.2 Å². The summed E-state index contributed by atoms with van der Waals surface area (Å²) in [5.74, 6) is 0.525. The van der Waals surface area contributed by atoms with Crippen LogP contribution in [-0.2, 0) is 0 Å². The summed E-state index contributed by atoms with van der Waals surface area (Å²) in [7, 11) is 1.58. The first-order valence-electron chi connectivity index (χ1n) is 7.74. The molecule has 3 atom stereocenters. The zero-order valence-electron chi connectivity index (χ0n) is 13.8. The summed E-state index contributed by atoms with van der Waals surface area (Å²) < 4.78 is 0. The van der Waals surface area contributed by atoms with Crippen LogP contribution >= 0.6 is 15.9 Å². The zero-order valence-corrected chi connectivity index (χ0v) is 15.4. The van der Waals surface area contributed by atoms with E-state index in [1.54, 1.807) is 13.1 Å². The number of rotatable bonds is 8. The Morgan fingerprint density at radius 2 is 2.35 bits per heavy atom. The van der Waals surface area contributed by atoms with Crippen LogP contribution in [0.5, 0.6) is 0 Å². The molecule has 0 aromatic rings. The first-order chi connectivity index (χ1) is 10.8. The van der Waals surface area contributed by atoms with E-state index in [9.17, 15) is 9.90 Å². The largest absolute Gasteiger partial charge is 0.508 e. The Hall–Kier alpha value is -1.49. The van der Waals surface area contributed by atoms with Crippen LogP contribution in [0.25, 0.3) is 0 Å². The van der Waals surface area contributed by atoms with Gasteiger partial charge in [0, 0.05) is 18.4 Å². The zero-order chi connectivity index (χ0) is 17.5. The fourth-order valence-electron chi connectivity index (χ4n) is 2.56. The summed E-state index contributed by atoms with van der Waals surface area (Å²) >= 11 is 3.52. The van der Waals surface area contributed by atoms with Crippen LogP contribution in [0.15, 0.2) is 48.8 Å². The van der Waals surface area contributed by atoms with E-state index in [4.69, 9.17) is 5.11 Å². The molecule has 0 aliphatic heterocycles. The first kappa shape index (κ1) is 19.6. The van der Waals surface area contributed by atoms with Gasteiger partial charge in [0.05, 0.1) is 0 Å². The molecule has 5 heteroatoms. The van der Waals surface area contributed by atoms with Crippen LogP contribution in [0.3, 0.4) is 0 Å². The Morgan fingerprint density at radius 3 is 2.87 bits per heavy atom. The van der Waals surface area contributed by atoms with Crippen molar-refractivity contribution in [2.45, 2.75) is 31.0 Å². The molecule has 1 rings (SSSR count). The Kier molecular flexibility index (Phi) is 7.62. The van der Waals surface area contributed by atoms with E-state index in [1.807, 2.05) is 18.2 Å². The van der Waals surface area contributed by atoms with Gasteiger partial charge in [-0.2, -0.15) is 0 Å². The second-order valence-corrected chi connectivity index (χ2v) is 7.36. The molecule has 0 saturated heterocycles. The van der Waals surface area contributed by atoms with E-state index >= 15 is 0 Å². The third-order valence-electron chi connectivity index (χ3n) is 4.36. The normalized spacial score (nSPS) is 21.5. The van der Waals surface area contributed by atoms with Gasteiger partial charge >= 0.3 is 6.09 Å². The van der Waals surface area contributed by atoms with Gasteiger partial charge in [0.15, 0.2) is 0 Å². The molecule has 0 fully saturated rings. The minimum absolute atomic E-state index is 0.175. The number of alkyl halides is 1. The number of carbonyl (C=O) groups is 1. The van der Waals surface area contributed by atoms with Gasteiger partial charge in [-0.05, 0) is 42.7 Å². The molecule has 1 amide bonds. The minimum Gasteiger partial charge on any atom is -0.508 e. The summed E-state index contributed by atoms with van der Waals surface area (Å²) in [6, 6.07) is 0. The van der Waals surface area contributed by atoms with E-state index < -0.39 is 6.09 Å². The smallest absolute Gasteiger partial charge is 0.407 e. The lowest BCUT2D eigenvalue weighted by atomic mass is 9.71. The van der Waals surface area contributed by atoms with Crippen LogP contribution < -0.4 is 0 Å². The summed E-state index contributed by atoms with van der Waals surface area (Å²) in [6.07, 6.45) is 13.1. The van der Waals surface area contributed by atoms with Crippen molar-refractivity contribution in [1.29, 1.82) is 0 Å². The number of nitrogens with zero attached hydrogens (tertiary/aromatic N) is 1. The summed E-state index contributed by atoms with van der Waals surface area (Å²) in [6.45, 7) is 6.36. The summed E-state index contributed by atoms with van der Waals surface area (Å²) in [5, 5.41) is 18.6. The number of carboxylic acid groups (broad SMARTS) is 1. The maximum absolute atomic E-state index is 11.0. The molecule has 4 nitrogen and oxygen atoms in total. The molecule has 2 N–H and O–H groups in total. The van der Waals surface area contributed by atoms with Crippen molar-refractivity contribution >= 4 is 22.0 Å². The highest BCUT2D eigenvalue weighted by Gasteiger charge is 2.31. The van der Waals surface area contributed by atoms with Crippen LogP contribution in [0.4, 0.5) is 4.79 Å². The van der Waals surface area contributed by atoms with Gasteiger partial charge in [-0.3, -0.25) is 0 Å². The second kappa shape index (κ2) is 8.96. The van der Waals surface area contributed by atoms with Gasteiger partial charge in [-0.25, -0.2) is 4.79 Å². The van der Waals surface area contributed by atoms with Gasteiger partial charge in [0.2, 0.25) is 0 Å². The predicted octanol–water partition coefficient (Wildman–Crippen LogP) is 4.91. The van der Waals surface area contributed by atoms with E-state index in [2.05, 4.69) is 41.6 Å². The third-order valence-corrected chi connectivity index (χ3v) is 5.10.